The fraction of sp³-hybridized carbons (Fsp3) is 0.107. The average molecular weight is 563 g/mol. The number of benzene rings is 3. The fourth-order valence-electron chi connectivity index (χ4n) is 3.91. The van der Waals surface area contributed by atoms with Crippen LogP contribution in [0.2, 0.25) is 5.02 Å². The average Bonchev–Trinajstić information content (AvgIpc) is 3.35. The van der Waals surface area contributed by atoms with Gasteiger partial charge in [-0.1, -0.05) is 59.3 Å². The summed E-state index contributed by atoms with van der Waals surface area (Å²) in [5.74, 6) is -0.317. The van der Waals surface area contributed by atoms with Crippen molar-refractivity contribution in [3.8, 4) is 0 Å². The molecule has 1 amide bonds. The Bertz CT molecular complexity index is 1680. The molecule has 5 rings (SSSR count). The lowest BCUT2D eigenvalue weighted by Gasteiger charge is -2.20. The number of nitrogens with zero attached hydrogens (tertiary/aromatic N) is 4. The molecule has 10 heteroatoms. The molecule has 0 aliphatic carbocycles. The van der Waals surface area contributed by atoms with Gasteiger partial charge >= 0.3 is 0 Å². The van der Waals surface area contributed by atoms with E-state index in [-0.39, 0.29) is 23.9 Å². The Morgan fingerprint density at radius 3 is 2.37 bits per heavy atom. The van der Waals surface area contributed by atoms with Gasteiger partial charge in [-0.2, -0.15) is 4.31 Å². The van der Waals surface area contributed by atoms with Crippen LogP contribution in [0.5, 0.6) is 0 Å². The van der Waals surface area contributed by atoms with Crippen LogP contribution in [0.1, 0.15) is 21.6 Å². The first kappa shape index (κ1) is 26.0. The maximum absolute atomic E-state index is 13.7. The lowest BCUT2D eigenvalue weighted by Crippen LogP contribution is -2.31. The molecule has 7 nitrogen and oxygen atoms in total. The monoisotopic (exact) mass is 562 g/mol. The summed E-state index contributed by atoms with van der Waals surface area (Å²) in [4.78, 5) is 24.4. The number of carbonyl (C=O) groups is 1. The van der Waals surface area contributed by atoms with E-state index in [1.54, 1.807) is 17.2 Å². The topological polar surface area (TPSA) is 83.5 Å². The van der Waals surface area contributed by atoms with E-state index in [2.05, 4.69) is 9.97 Å². The molecular weight excluding hydrogens is 540 g/mol. The number of aromatic nitrogens is 2. The second-order valence-corrected chi connectivity index (χ2v) is 12.1. The molecule has 192 valence electrons. The molecule has 0 fully saturated rings. The highest BCUT2D eigenvalue weighted by molar-refractivity contribution is 7.89. The van der Waals surface area contributed by atoms with Gasteiger partial charge in [0, 0.05) is 30.4 Å². The van der Waals surface area contributed by atoms with Gasteiger partial charge in [0.2, 0.25) is 10.0 Å². The number of fused-ring (bicyclic) bond motifs is 1. The van der Waals surface area contributed by atoms with Crippen molar-refractivity contribution in [3.05, 3.63) is 119 Å². The number of halogens is 1. The number of amides is 1. The van der Waals surface area contributed by atoms with Crippen molar-refractivity contribution in [2.75, 3.05) is 11.9 Å². The second kappa shape index (κ2) is 11.0. The highest BCUT2D eigenvalue weighted by Crippen LogP contribution is 2.32. The quantitative estimate of drug-likeness (QED) is 0.231. The summed E-state index contributed by atoms with van der Waals surface area (Å²) in [7, 11) is -2.21. The zero-order chi connectivity index (χ0) is 26.7. The van der Waals surface area contributed by atoms with Crippen molar-refractivity contribution >= 4 is 54.2 Å². The SMILES string of the molecule is CN(Cc1ccccc1)S(=O)(=O)c1ccc(C(=O)N(Cc2ccccn2)c2nc3ccc(Cl)cc3s2)cc1. The number of thiazole rings is 1. The van der Waals surface area contributed by atoms with E-state index >= 15 is 0 Å². The van der Waals surface area contributed by atoms with Crippen molar-refractivity contribution in [2.45, 2.75) is 18.0 Å². The molecule has 0 radical (unpaired) electrons. The Morgan fingerprint density at radius 1 is 0.921 bits per heavy atom. The van der Waals surface area contributed by atoms with Crippen molar-refractivity contribution < 1.29 is 13.2 Å². The van der Waals surface area contributed by atoms with Crippen LogP contribution in [0, 0.1) is 0 Å². The first-order valence-electron chi connectivity index (χ1n) is 11.7. The summed E-state index contributed by atoms with van der Waals surface area (Å²) in [6.45, 7) is 0.441. The molecular formula is C28H23ClN4O3S2. The molecule has 0 aliphatic rings. The van der Waals surface area contributed by atoms with Gasteiger partial charge < -0.3 is 0 Å². The minimum absolute atomic E-state index is 0.110. The maximum Gasteiger partial charge on any atom is 0.260 e. The van der Waals surface area contributed by atoms with Crippen LogP contribution >= 0.6 is 22.9 Å². The van der Waals surface area contributed by atoms with E-state index < -0.39 is 10.0 Å². The molecule has 0 bridgehead atoms. The smallest absolute Gasteiger partial charge is 0.260 e. The number of anilines is 1. The highest BCUT2D eigenvalue weighted by Gasteiger charge is 2.25. The van der Waals surface area contributed by atoms with Crippen molar-refractivity contribution in [2.24, 2.45) is 0 Å². The van der Waals surface area contributed by atoms with Crippen molar-refractivity contribution in [1.29, 1.82) is 0 Å². The Morgan fingerprint density at radius 2 is 1.66 bits per heavy atom. The van der Waals surface area contributed by atoms with Crippen LogP contribution < -0.4 is 4.90 Å². The van der Waals surface area contributed by atoms with Gasteiger partial charge in [0.1, 0.15) is 0 Å². The predicted molar refractivity (Wildman–Crippen MR) is 151 cm³/mol. The molecule has 0 atom stereocenters. The van der Waals surface area contributed by atoms with Gasteiger partial charge in [-0.05, 0) is 60.2 Å². The predicted octanol–water partition coefficient (Wildman–Crippen LogP) is 6.01. The van der Waals surface area contributed by atoms with Crippen LogP contribution in [0.4, 0.5) is 5.13 Å². The van der Waals surface area contributed by atoms with E-state index in [1.165, 1.54) is 47.0 Å². The molecule has 3 aromatic carbocycles. The standard InChI is InChI=1S/C28H23ClN4O3S2/c1-32(18-20-7-3-2-4-8-20)38(35,36)24-13-10-21(11-14-24)27(34)33(19-23-9-5-6-16-30-23)28-31-25-15-12-22(29)17-26(25)37-28/h2-17H,18-19H2,1H3. The minimum Gasteiger partial charge on any atom is -0.278 e. The lowest BCUT2D eigenvalue weighted by molar-refractivity contribution is 0.0984. The number of carbonyl (C=O) groups excluding carboxylic acids is 1. The summed E-state index contributed by atoms with van der Waals surface area (Å²) in [6, 6.07) is 26.2. The van der Waals surface area contributed by atoms with E-state index in [9.17, 15) is 13.2 Å². The third-order valence-corrected chi connectivity index (χ3v) is 9.01. The molecule has 0 saturated heterocycles. The molecule has 0 saturated carbocycles. The fourth-order valence-corrected chi connectivity index (χ4v) is 6.31. The number of hydrogen-bond donors (Lipinski definition) is 0. The van der Waals surface area contributed by atoms with Crippen molar-refractivity contribution in [1.82, 2.24) is 14.3 Å². The van der Waals surface area contributed by atoms with E-state index in [0.717, 1.165) is 15.8 Å². The normalized spacial score (nSPS) is 11.7. The summed E-state index contributed by atoms with van der Waals surface area (Å²) in [6.07, 6.45) is 1.67. The van der Waals surface area contributed by atoms with E-state index in [4.69, 9.17) is 11.6 Å². The summed E-state index contributed by atoms with van der Waals surface area (Å²) >= 11 is 7.50. The number of rotatable bonds is 8. The third-order valence-electron chi connectivity index (χ3n) is 5.92. The minimum atomic E-state index is -3.75. The van der Waals surface area contributed by atoms with E-state index in [1.807, 2.05) is 60.7 Å². The number of sulfonamides is 1. The van der Waals surface area contributed by atoms with Crippen molar-refractivity contribution in [3.63, 3.8) is 0 Å². The largest absolute Gasteiger partial charge is 0.278 e. The molecule has 0 unspecified atom stereocenters. The first-order valence-corrected chi connectivity index (χ1v) is 14.3. The van der Waals surface area contributed by atoms with Crippen LogP contribution in [0.25, 0.3) is 10.2 Å². The lowest BCUT2D eigenvalue weighted by atomic mass is 10.2. The molecule has 5 aromatic rings. The summed E-state index contributed by atoms with van der Waals surface area (Å²) in [5.41, 5.74) is 2.64. The zero-order valence-electron chi connectivity index (χ0n) is 20.4. The van der Waals surface area contributed by atoms with Gasteiger partial charge in [-0.15, -0.1) is 0 Å². The molecule has 38 heavy (non-hydrogen) atoms. The Hall–Kier alpha value is -3.63. The first-order chi connectivity index (χ1) is 18.3. The molecule has 2 heterocycles. The molecule has 0 N–H and O–H groups in total. The van der Waals surface area contributed by atoms with Gasteiger partial charge in [0.25, 0.3) is 5.91 Å². The van der Waals surface area contributed by atoms with Gasteiger partial charge in [0.05, 0.1) is 27.4 Å². The summed E-state index contributed by atoms with van der Waals surface area (Å²) in [5, 5.41) is 1.08. The van der Waals surface area contributed by atoms with Crippen LogP contribution in [-0.2, 0) is 23.1 Å². The van der Waals surface area contributed by atoms with Crippen LogP contribution in [0.15, 0.2) is 102 Å². The third kappa shape index (κ3) is 5.61. The number of pyridine rings is 1. The highest BCUT2D eigenvalue weighted by atomic mass is 35.5. The second-order valence-electron chi connectivity index (χ2n) is 8.59. The van der Waals surface area contributed by atoms with Gasteiger partial charge in [-0.25, -0.2) is 13.4 Å². The van der Waals surface area contributed by atoms with E-state index in [0.29, 0.717) is 21.4 Å². The summed E-state index contributed by atoms with van der Waals surface area (Å²) < 4.78 is 28.4. The molecule has 0 aliphatic heterocycles. The zero-order valence-corrected chi connectivity index (χ0v) is 22.7. The maximum atomic E-state index is 13.7. The number of hydrogen-bond acceptors (Lipinski definition) is 6. The van der Waals surface area contributed by atoms with Crippen LogP contribution in [-0.4, -0.2) is 35.6 Å². The van der Waals surface area contributed by atoms with Crippen LogP contribution in [0.3, 0.4) is 0 Å². The molecule has 2 aromatic heterocycles. The Balaban J connectivity index is 1.43. The van der Waals surface area contributed by atoms with Gasteiger partial charge in [0.15, 0.2) is 5.13 Å². The van der Waals surface area contributed by atoms with Gasteiger partial charge in [-0.3, -0.25) is 14.7 Å². The Kier molecular flexibility index (Phi) is 7.53. The Labute approximate surface area is 230 Å². The molecule has 0 spiro atoms.